The summed E-state index contributed by atoms with van der Waals surface area (Å²) in [7, 11) is 2.95. The standard InChI is InChI=1S/C19H18F4N6O.C2H6/c1-10-16(20)11(4-7-24-10)12-8-15(29(3)26-12)18(5-6-18)25-17(30)13-9-14(19(21,22)23)27-28(13)2;1-2/h4,7-9H,5-6H2,1-3H3,(H,25,30);1-2H3. The average molecular weight is 452 g/mol. The second kappa shape index (κ2) is 8.36. The van der Waals surface area contributed by atoms with Crippen molar-refractivity contribution in [1.29, 1.82) is 0 Å². The van der Waals surface area contributed by atoms with Gasteiger partial charge in [0, 0.05) is 31.9 Å². The molecule has 1 amide bonds. The second-order valence-electron chi connectivity index (χ2n) is 7.37. The smallest absolute Gasteiger partial charge is 0.340 e. The Hall–Kier alpha value is -3.24. The van der Waals surface area contributed by atoms with Crippen molar-refractivity contribution >= 4 is 5.91 Å². The fourth-order valence-corrected chi connectivity index (χ4v) is 3.46. The number of rotatable bonds is 4. The van der Waals surface area contributed by atoms with Crippen LogP contribution in [0.1, 0.15) is 54.3 Å². The van der Waals surface area contributed by atoms with E-state index < -0.39 is 29.1 Å². The number of amides is 1. The zero-order valence-corrected chi connectivity index (χ0v) is 18.4. The van der Waals surface area contributed by atoms with Crippen LogP contribution in [0, 0.1) is 12.7 Å². The maximum atomic E-state index is 14.4. The summed E-state index contributed by atoms with van der Waals surface area (Å²) < 4.78 is 55.5. The number of hydrogen-bond donors (Lipinski definition) is 1. The second-order valence-corrected chi connectivity index (χ2v) is 7.37. The molecule has 11 heteroatoms. The molecule has 1 N–H and O–H groups in total. The van der Waals surface area contributed by atoms with Gasteiger partial charge in [-0.3, -0.25) is 19.1 Å². The van der Waals surface area contributed by atoms with Crippen LogP contribution < -0.4 is 5.32 Å². The van der Waals surface area contributed by atoms with Gasteiger partial charge in [0.15, 0.2) is 11.5 Å². The minimum Gasteiger partial charge on any atom is -0.340 e. The minimum absolute atomic E-state index is 0.202. The third kappa shape index (κ3) is 4.23. The Morgan fingerprint density at radius 1 is 1.12 bits per heavy atom. The van der Waals surface area contributed by atoms with E-state index in [1.54, 1.807) is 24.7 Å². The largest absolute Gasteiger partial charge is 0.435 e. The number of pyridine rings is 1. The first-order valence-electron chi connectivity index (χ1n) is 10.1. The van der Waals surface area contributed by atoms with E-state index in [-0.39, 0.29) is 17.0 Å². The molecule has 172 valence electrons. The van der Waals surface area contributed by atoms with Gasteiger partial charge < -0.3 is 5.32 Å². The SMILES string of the molecule is CC.Cc1nccc(-c2cc(C3(NC(=O)c4cc(C(F)(F)F)nn4C)CC3)n(C)n2)c1F. The molecule has 0 bridgehead atoms. The summed E-state index contributed by atoms with van der Waals surface area (Å²) in [4.78, 5) is 16.6. The van der Waals surface area contributed by atoms with E-state index in [0.29, 0.717) is 24.2 Å². The molecule has 0 atom stereocenters. The van der Waals surface area contributed by atoms with Gasteiger partial charge in [0.1, 0.15) is 5.69 Å². The Morgan fingerprint density at radius 3 is 2.34 bits per heavy atom. The van der Waals surface area contributed by atoms with Crippen LogP contribution in [0.25, 0.3) is 11.3 Å². The third-order valence-electron chi connectivity index (χ3n) is 5.22. The van der Waals surface area contributed by atoms with Crippen LogP contribution in [0.5, 0.6) is 0 Å². The van der Waals surface area contributed by atoms with Gasteiger partial charge in [0.2, 0.25) is 0 Å². The lowest BCUT2D eigenvalue weighted by atomic mass is 10.1. The zero-order chi connectivity index (χ0) is 23.8. The van der Waals surface area contributed by atoms with Gasteiger partial charge in [-0.2, -0.15) is 23.4 Å². The van der Waals surface area contributed by atoms with Crippen molar-refractivity contribution in [3.8, 4) is 11.3 Å². The van der Waals surface area contributed by atoms with Crippen LogP contribution >= 0.6 is 0 Å². The number of nitrogens with zero attached hydrogens (tertiary/aromatic N) is 5. The fourth-order valence-electron chi connectivity index (χ4n) is 3.46. The lowest BCUT2D eigenvalue weighted by Crippen LogP contribution is -2.37. The van der Waals surface area contributed by atoms with Crippen molar-refractivity contribution in [2.45, 2.75) is 45.3 Å². The predicted molar refractivity (Wildman–Crippen MR) is 109 cm³/mol. The first-order chi connectivity index (χ1) is 15.0. The molecule has 0 saturated heterocycles. The molecule has 4 rings (SSSR count). The highest BCUT2D eigenvalue weighted by Gasteiger charge is 2.49. The number of hydrogen-bond acceptors (Lipinski definition) is 4. The Bertz CT molecular complexity index is 1140. The Morgan fingerprint density at radius 2 is 1.78 bits per heavy atom. The van der Waals surface area contributed by atoms with Crippen molar-refractivity contribution in [2.24, 2.45) is 14.1 Å². The highest BCUT2D eigenvalue weighted by Crippen LogP contribution is 2.46. The molecule has 0 spiro atoms. The molecular weight excluding hydrogens is 428 g/mol. The van der Waals surface area contributed by atoms with E-state index in [4.69, 9.17) is 0 Å². The maximum Gasteiger partial charge on any atom is 0.435 e. The zero-order valence-electron chi connectivity index (χ0n) is 18.4. The van der Waals surface area contributed by atoms with E-state index in [0.717, 1.165) is 10.7 Å². The van der Waals surface area contributed by atoms with E-state index in [1.165, 1.54) is 19.3 Å². The molecule has 1 fully saturated rings. The molecule has 1 saturated carbocycles. The minimum atomic E-state index is -4.64. The lowest BCUT2D eigenvalue weighted by molar-refractivity contribution is -0.141. The normalized spacial score (nSPS) is 14.5. The lowest BCUT2D eigenvalue weighted by Gasteiger charge is -2.17. The molecule has 7 nitrogen and oxygen atoms in total. The highest BCUT2D eigenvalue weighted by atomic mass is 19.4. The number of carbonyl (C=O) groups excluding carboxylic acids is 1. The Balaban J connectivity index is 0.00000141. The van der Waals surface area contributed by atoms with Gasteiger partial charge in [0.25, 0.3) is 5.91 Å². The number of halogens is 4. The molecule has 1 aliphatic rings. The van der Waals surface area contributed by atoms with E-state index in [1.807, 2.05) is 13.8 Å². The number of aryl methyl sites for hydroxylation is 3. The molecule has 0 radical (unpaired) electrons. The summed E-state index contributed by atoms with van der Waals surface area (Å²) in [5.41, 5.74) is -0.566. The molecule has 1 aliphatic carbocycles. The average Bonchev–Trinajstić information content (AvgIpc) is 3.20. The van der Waals surface area contributed by atoms with Crippen LogP contribution in [0.2, 0.25) is 0 Å². The van der Waals surface area contributed by atoms with Gasteiger partial charge in [-0.05, 0) is 31.9 Å². The van der Waals surface area contributed by atoms with Crippen LogP contribution in [-0.2, 0) is 25.8 Å². The molecule has 3 heterocycles. The summed E-state index contributed by atoms with van der Waals surface area (Å²) in [6.45, 7) is 5.55. The molecule has 0 aromatic carbocycles. The van der Waals surface area contributed by atoms with Crippen LogP contribution in [0.3, 0.4) is 0 Å². The van der Waals surface area contributed by atoms with Crippen LogP contribution in [0.4, 0.5) is 17.6 Å². The summed E-state index contributed by atoms with van der Waals surface area (Å²) in [6.07, 6.45) is -1.99. The molecule has 0 aliphatic heterocycles. The van der Waals surface area contributed by atoms with E-state index in [2.05, 4.69) is 20.5 Å². The summed E-state index contributed by atoms with van der Waals surface area (Å²) in [5, 5.41) is 10.5. The van der Waals surface area contributed by atoms with Gasteiger partial charge in [-0.1, -0.05) is 13.8 Å². The van der Waals surface area contributed by atoms with Gasteiger partial charge in [-0.15, -0.1) is 0 Å². The number of aromatic nitrogens is 5. The Kier molecular flexibility index (Phi) is 6.12. The van der Waals surface area contributed by atoms with Crippen molar-refractivity contribution < 1.29 is 22.4 Å². The van der Waals surface area contributed by atoms with Gasteiger partial charge >= 0.3 is 6.18 Å². The van der Waals surface area contributed by atoms with Crippen molar-refractivity contribution in [1.82, 2.24) is 29.9 Å². The fraction of sp³-hybridized carbons (Fsp3) is 0.429. The monoisotopic (exact) mass is 452 g/mol. The number of carbonyl (C=O) groups is 1. The number of nitrogens with one attached hydrogen (secondary N) is 1. The van der Waals surface area contributed by atoms with Gasteiger partial charge in [0.05, 0.1) is 22.6 Å². The first-order valence-corrected chi connectivity index (χ1v) is 10.1. The summed E-state index contributed by atoms with van der Waals surface area (Å²) >= 11 is 0. The summed E-state index contributed by atoms with van der Waals surface area (Å²) in [6, 6.07) is 3.91. The Labute approximate surface area is 182 Å². The molecule has 3 aromatic rings. The third-order valence-corrected chi connectivity index (χ3v) is 5.22. The molecule has 32 heavy (non-hydrogen) atoms. The molecular formula is C21H24F4N6O. The molecule has 0 unspecified atom stereocenters. The maximum absolute atomic E-state index is 14.4. The molecule has 3 aromatic heterocycles. The quantitative estimate of drug-likeness (QED) is 0.604. The van der Waals surface area contributed by atoms with Crippen molar-refractivity contribution in [3.05, 3.63) is 53.0 Å². The van der Waals surface area contributed by atoms with E-state index in [9.17, 15) is 22.4 Å². The summed E-state index contributed by atoms with van der Waals surface area (Å²) in [5.74, 6) is -1.16. The highest BCUT2D eigenvalue weighted by molar-refractivity contribution is 5.93. The van der Waals surface area contributed by atoms with Crippen molar-refractivity contribution in [2.75, 3.05) is 0 Å². The first kappa shape index (κ1) is 23.4. The topological polar surface area (TPSA) is 77.6 Å². The predicted octanol–water partition coefficient (Wildman–Crippen LogP) is 4.13. The van der Waals surface area contributed by atoms with Gasteiger partial charge in [-0.25, -0.2) is 4.39 Å². The van der Waals surface area contributed by atoms with Crippen LogP contribution in [-0.4, -0.2) is 30.5 Å². The number of alkyl halides is 3. The van der Waals surface area contributed by atoms with Crippen molar-refractivity contribution in [3.63, 3.8) is 0 Å². The van der Waals surface area contributed by atoms with E-state index >= 15 is 0 Å². The van der Waals surface area contributed by atoms with Crippen LogP contribution in [0.15, 0.2) is 24.4 Å².